The summed E-state index contributed by atoms with van der Waals surface area (Å²) in [5.74, 6) is 0. The van der Waals surface area contributed by atoms with Gasteiger partial charge in [0.1, 0.15) is 0 Å². The predicted octanol–water partition coefficient (Wildman–Crippen LogP) is 3.09. The third-order valence-electron chi connectivity index (χ3n) is 4.69. The van der Waals surface area contributed by atoms with E-state index in [1.165, 1.54) is 24.0 Å². The molecule has 106 valence electrons. The number of rotatable bonds is 2. The Hall–Kier alpha value is -0.860. The van der Waals surface area contributed by atoms with Gasteiger partial charge in [-0.1, -0.05) is 29.8 Å². The molecule has 2 nitrogen and oxygen atoms in total. The molecule has 1 aliphatic heterocycles. The monoisotopic (exact) mass is 260 g/mol. The molecule has 2 heteroatoms. The molecule has 0 unspecified atom stereocenters. The highest BCUT2D eigenvalue weighted by Crippen LogP contribution is 2.36. The summed E-state index contributed by atoms with van der Waals surface area (Å²) in [6.45, 7) is 12.1. The van der Waals surface area contributed by atoms with Crippen LogP contribution in [0.25, 0.3) is 0 Å². The van der Waals surface area contributed by atoms with Gasteiger partial charge < -0.3 is 5.73 Å². The largest absolute Gasteiger partial charge is 0.330 e. The summed E-state index contributed by atoms with van der Waals surface area (Å²) < 4.78 is 0. The molecule has 1 fully saturated rings. The Morgan fingerprint density at radius 2 is 1.84 bits per heavy atom. The van der Waals surface area contributed by atoms with Gasteiger partial charge in [0.25, 0.3) is 0 Å². The fourth-order valence-corrected chi connectivity index (χ4v) is 3.19. The number of hydrogen-bond donors (Lipinski definition) is 1. The molecule has 1 aliphatic rings. The highest BCUT2D eigenvalue weighted by molar-refractivity contribution is 5.31. The molecule has 0 amide bonds. The molecule has 1 aromatic rings. The Morgan fingerprint density at radius 3 is 2.32 bits per heavy atom. The molecule has 0 bridgehead atoms. The van der Waals surface area contributed by atoms with Crippen LogP contribution >= 0.6 is 0 Å². The topological polar surface area (TPSA) is 29.3 Å². The summed E-state index contributed by atoms with van der Waals surface area (Å²) in [7, 11) is 0. The quantitative estimate of drug-likeness (QED) is 0.885. The Bertz CT molecular complexity index is 423. The molecule has 1 saturated heterocycles. The second-order valence-electron chi connectivity index (χ2n) is 7.01. The van der Waals surface area contributed by atoms with Crippen LogP contribution in [0.5, 0.6) is 0 Å². The Morgan fingerprint density at radius 1 is 1.21 bits per heavy atom. The number of nitrogens with two attached hydrogens (primary N) is 1. The molecular formula is C17H28N2. The van der Waals surface area contributed by atoms with Gasteiger partial charge in [0.05, 0.1) is 0 Å². The molecular weight excluding hydrogens is 232 g/mol. The van der Waals surface area contributed by atoms with Gasteiger partial charge in [-0.2, -0.15) is 0 Å². The first-order valence-electron chi connectivity index (χ1n) is 7.40. The molecule has 0 radical (unpaired) electrons. The van der Waals surface area contributed by atoms with Crippen molar-refractivity contribution in [1.29, 1.82) is 0 Å². The summed E-state index contributed by atoms with van der Waals surface area (Å²) in [6.07, 6.45) is 2.34. The van der Waals surface area contributed by atoms with E-state index in [0.29, 0.717) is 0 Å². The molecule has 0 aromatic heterocycles. The lowest BCUT2D eigenvalue weighted by Crippen LogP contribution is -2.52. The number of aryl methyl sites for hydroxylation is 1. The maximum Gasteiger partial charge on any atom is 0.0125 e. The van der Waals surface area contributed by atoms with E-state index in [9.17, 15) is 0 Å². The zero-order valence-electron chi connectivity index (χ0n) is 12.9. The summed E-state index contributed by atoms with van der Waals surface area (Å²) in [6, 6.07) is 8.91. The molecule has 1 heterocycles. The molecule has 0 spiro atoms. The molecule has 0 saturated carbocycles. The lowest BCUT2D eigenvalue weighted by Gasteiger charge is -2.46. The number of hydrogen-bond acceptors (Lipinski definition) is 2. The molecule has 0 atom stereocenters. The fraction of sp³-hybridized carbons (Fsp3) is 0.647. The van der Waals surface area contributed by atoms with Crippen LogP contribution in [-0.2, 0) is 5.41 Å². The molecule has 2 N–H and O–H groups in total. The lowest BCUT2D eigenvalue weighted by molar-refractivity contribution is 0.0763. The first-order chi connectivity index (χ1) is 8.87. The van der Waals surface area contributed by atoms with Crippen LogP contribution < -0.4 is 5.73 Å². The second-order valence-corrected chi connectivity index (χ2v) is 7.01. The Labute approximate surface area is 118 Å². The van der Waals surface area contributed by atoms with E-state index in [-0.39, 0.29) is 11.0 Å². The predicted molar refractivity (Wildman–Crippen MR) is 82.5 cm³/mol. The first-order valence-corrected chi connectivity index (χ1v) is 7.40. The number of likely N-dealkylation sites (tertiary alicyclic amines) is 1. The van der Waals surface area contributed by atoms with E-state index in [1.807, 2.05) is 0 Å². The van der Waals surface area contributed by atoms with Crippen molar-refractivity contribution < 1.29 is 0 Å². The second kappa shape index (κ2) is 5.26. The molecule has 1 aromatic carbocycles. The highest BCUT2D eigenvalue weighted by atomic mass is 15.2. The third-order valence-corrected chi connectivity index (χ3v) is 4.69. The third kappa shape index (κ3) is 3.01. The van der Waals surface area contributed by atoms with Gasteiger partial charge in [-0.25, -0.2) is 0 Å². The van der Waals surface area contributed by atoms with Crippen molar-refractivity contribution >= 4 is 0 Å². The zero-order chi connectivity index (χ0) is 14.1. The van der Waals surface area contributed by atoms with Gasteiger partial charge >= 0.3 is 0 Å². The smallest absolute Gasteiger partial charge is 0.0125 e. The summed E-state index contributed by atoms with van der Waals surface area (Å²) >= 11 is 0. The van der Waals surface area contributed by atoms with E-state index in [2.05, 4.69) is 56.9 Å². The Balaban J connectivity index is 2.19. The van der Waals surface area contributed by atoms with Crippen molar-refractivity contribution in [3.63, 3.8) is 0 Å². The van der Waals surface area contributed by atoms with Crippen LogP contribution in [0.1, 0.15) is 44.7 Å². The molecule has 2 rings (SSSR count). The van der Waals surface area contributed by atoms with Gasteiger partial charge in [0, 0.05) is 17.5 Å². The summed E-state index contributed by atoms with van der Waals surface area (Å²) in [5, 5.41) is 0. The van der Waals surface area contributed by atoms with E-state index in [4.69, 9.17) is 5.73 Å². The van der Waals surface area contributed by atoms with E-state index < -0.39 is 0 Å². The minimum atomic E-state index is 0.188. The van der Waals surface area contributed by atoms with Crippen molar-refractivity contribution in [3.8, 4) is 0 Å². The van der Waals surface area contributed by atoms with Gasteiger partial charge in [-0.05, 0) is 59.2 Å². The average molecular weight is 260 g/mol. The number of nitrogens with zero attached hydrogens (tertiary/aromatic N) is 1. The summed E-state index contributed by atoms with van der Waals surface area (Å²) in [5.41, 5.74) is 9.39. The molecule has 0 aliphatic carbocycles. The van der Waals surface area contributed by atoms with Gasteiger partial charge in [0.15, 0.2) is 0 Å². The fourth-order valence-electron chi connectivity index (χ4n) is 3.19. The van der Waals surface area contributed by atoms with Crippen molar-refractivity contribution in [2.45, 2.75) is 51.5 Å². The normalized spacial score (nSPS) is 20.5. The van der Waals surface area contributed by atoms with Crippen molar-refractivity contribution in [3.05, 3.63) is 35.4 Å². The van der Waals surface area contributed by atoms with Gasteiger partial charge in [-0.15, -0.1) is 0 Å². The van der Waals surface area contributed by atoms with Crippen LogP contribution in [0.3, 0.4) is 0 Å². The number of piperidine rings is 1. The SMILES string of the molecule is Cc1cccc(C2(CN)CCN(C(C)(C)C)CC2)c1. The maximum atomic E-state index is 6.16. The lowest BCUT2D eigenvalue weighted by atomic mass is 9.72. The standard InChI is InChI=1S/C17H28N2/c1-14-6-5-7-15(12-14)17(13-18)8-10-19(11-9-17)16(2,3)4/h5-7,12H,8-11,13,18H2,1-4H3. The minimum Gasteiger partial charge on any atom is -0.330 e. The average Bonchev–Trinajstić information content (AvgIpc) is 2.38. The van der Waals surface area contributed by atoms with Gasteiger partial charge in [0.2, 0.25) is 0 Å². The highest BCUT2D eigenvalue weighted by Gasteiger charge is 2.37. The van der Waals surface area contributed by atoms with Gasteiger partial charge in [-0.3, -0.25) is 4.90 Å². The van der Waals surface area contributed by atoms with Crippen LogP contribution in [0.2, 0.25) is 0 Å². The van der Waals surface area contributed by atoms with Crippen LogP contribution in [-0.4, -0.2) is 30.1 Å². The van der Waals surface area contributed by atoms with Crippen molar-refractivity contribution in [2.75, 3.05) is 19.6 Å². The van der Waals surface area contributed by atoms with Crippen molar-refractivity contribution in [2.24, 2.45) is 5.73 Å². The Kier molecular flexibility index (Phi) is 4.03. The molecule has 19 heavy (non-hydrogen) atoms. The number of benzene rings is 1. The van der Waals surface area contributed by atoms with Crippen LogP contribution in [0.4, 0.5) is 0 Å². The maximum absolute atomic E-state index is 6.16. The first kappa shape index (κ1) is 14.5. The zero-order valence-corrected chi connectivity index (χ0v) is 12.9. The van der Waals surface area contributed by atoms with E-state index in [1.54, 1.807) is 0 Å². The van der Waals surface area contributed by atoms with Crippen molar-refractivity contribution in [1.82, 2.24) is 4.90 Å². The van der Waals surface area contributed by atoms with Crippen LogP contribution in [0, 0.1) is 6.92 Å². The van der Waals surface area contributed by atoms with E-state index >= 15 is 0 Å². The van der Waals surface area contributed by atoms with E-state index in [0.717, 1.165) is 19.6 Å². The minimum absolute atomic E-state index is 0.188. The summed E-state index contributed by atoms with van der Waals surface area (Å²) in [4.78, 5) is 2.58. The van der Waals surface area contributed by atoms with Crippen LogP contribution in [0.15, 0.2) is 24.3 Å².